The second kappa shape index (κ2) is 4.89. The molecule has 0 aliphatic heterocycles. The molecule has 4 nitrogen and oxygen atoms in total. The summed E-state index contributed by atoms with van der Waals surface area (Å²) in [6.07, 6.45) is 3.55. The maximum absolute atomic E-state index is 11.4. The van der Waals surface area contributed by atoms with Crippen LogP contribution in [-0.4, -0.2) is 6.61 Å². The first-order chi connectivity index (χ1) is 9.65. The van der Waals surface area contributed by atoms with Crippen molar-refractivity contribution in [3.63, 3.8) is 0 Å². The van der Waals surface area contributed by atoms with Gasteiger partial charge in [-0.2, -0.15) is 0 Å². The molecule has 0 radical (unpaired) electrons. The first-order valence-corrected chi connectivity index (χ1v) is 6.35. The van der Waals surface area contributed by atoms with E-state index in [1.807, 2.05) is 26.0 Å². The van der Waals surface area contributed by atoms with Crippen molar-refractivity contribution in [2.45, 2.75) is 13.8 Å². The molecule has 4 heteroatoms. The molecule has 0 aliphatic carbocycles. The third-order valence-corrected chi connectivity index (χ3v) is 3.03. The van der Waals surface area contributed by atoms with Crippen molar-refractivity contribution in [2.75, 3.05) is 6.61 Å². The number of rotatable bonds is 3. The van der Waals surface area contributed by atoms with Crippen LogP contribution in [0.3, 0.4) is 0 Å². The van der Waals surface area contributed by atoms with Crippen molar-refractivity contribution < 1.29 is 13.6 Å². The average Bonchev–Trinajstić information content (AvgIpc) is 2.86. The van der Waals surface area contributed by atoms with E-state index < -0.39 is 0 Å². The molecule has 2 heterocycles. The van der Waals surface area contributed by atoms with Gasteiger partial charge >= 0.3 is 5.63 Å². The Kier molecular flexibility index (Phi) is 3.06. The predicted molar refractivity (Wildman–Crippen MR) is 77.2 cm³/mol. The lowest BCUT2D eigenvalue weighted by atomic mass is 10.1. The van der Waals surface area contributed by atoms with Crippen molar-refractivity contribution in [1.29, 1.82) is 0 Å². The number of ether oxygens (including phenoxy) is 1. The SMILES string of the molecule is CC(C)=CCOc1cc2occc2c2oc(=O)ccc12. The fraction of sp³-hybridized carbons (Fsp3) is 0.188. The van der Waals surface area contributed by atoms with Gasteiger partial charge in [0.2, 0.25) is 0 Å². The van der Waals surface area contributed by atoms with Crippen molar-refractivity contribution in [3.05, 3.63) is 52.6 Å². The standard InChI is InChI=1S/C16H14O4/c1-10(2)5-7-18-13-9-14-12(6-8-19-14)16-11(13)3-4-15(17)20-16/h3-6,8-9H,7H2,1-2H3. The fourth-order valence-corrected chi connectivity index (χ4v) is 2.05. The van der Waals surface area contributed by atoms with Crippen LogP contribution in [0.5, 0.6) is 5.75 Å². The van der Waals surface area contributed by atoms with Crippen molar-refractivity contribution in [1.82, 2.24) is 0 Å². The Morgan fingerprint density at radius 3 is 2.90 bits per heavy atom. The minimum absolute atomic E-state index is 0.388. The molecule has 0 fully saturated rings. The van der Waals surface area contributed by atoms with Crippen LogP contribution in [-0.2, 0) is 0 Å². The van der Waals surface area contributed by atoms with E-state index in [2.05, 4.69) is 0 Å². The summed E-state index contributed by atoms with van der Waals surface area (Å²) in [6, 6.07) is 6.70. The third-order valence-electron chi connectivity index (χ3n) is 3.03. The maximum Gasteiger partial charge on any atom is 0.336 e. The molecule has 3 rings (SSSR count). The van der Waals surface area contributed by atoms with E-state index in [4.69, 9.17) is 13.6 Å². The summed E-state index contributed by atoms with van der Waals surface area (Å²) in [6.45, 7) is 4.48. The molecule has 0 saturated carbocycles. The molecule has 0 amide bonds. The normalized spacial score (nSPS) is 10.9. The quantitative estimate of drug-likeness (QED) is 0.535. The van der Waals surface area contributed by atoms with Crippen LogP contribution < -0.4 is 10.4 Å². The molecule has 0 atom stereocenters. The Balaban J connectivity index is 2.18. The Morgan fingerprint density at radius 2 is 2.10 bits per heavy atom. The van der Waals surface area contributed by atoms with E-state index in [9.17, 15) is 4.79 Å². The van der Waals surface area contributed by atoms with Gasteiger partial charge in [-0.05, 0) is 32.1 Å². The minimum Gasteiger partial charge on any atom is -0.489 e. The summed E-state index contributed by atoms with van der Waals surface area (Å²) in [5.41, 5.74) is 1.93. The largest absolute Gasteiger partial charge is 0.489 e. The van der Waals surface area contributed by atoms with E-state index in [-0.39, 0.29) is 5.63 Å². The van der Waals surface area contributed by atoms with Gasteiger partial charge in [0.1, 0.15) is 17.9 Å². The van der Waals surface area contributed by atoms with Crippen molar-refractivity contribution in [3.8, 4) is 5.75 Å². The Hall–Kier alpha value is -2.49. The molecule has 0 aliphatic rings. The van der Waals surface area contributed by atoms with Gasteiger partial charge in [-0.1, -0.05) is 5.57 Å². The summed E-state index contributed by atoms with van der Waals surface area (Å²) in [5, 5.41) is 1.54. The van der Waals surface area contributed by atoms with E-state index >= 15 is 0 Å². The van der Waals surface area contributed by atoms with E-state index in [0.29, 0.717) is 23.5 Å². The second-order valence-corrected chi connectivity index (χ2v) is 4.80. The molecular formula is C16H14O4. The summed E-state index contributed by atoms with van der Waals surface area (Å²) >= 11 is 0. The zero-order valence-corrected chi connectivity index (χ0v) is 11.3. The number of benzene rings is 1. The highest BCUT2D eigenvalue weighted by Crippen LogP contribution is 2.33. The first kappa shape index (κ1) is 12.5. The number of hydrogen-bond donors (Lipinski definition) is 0. The predicted octanol–water partition coefficient (Wildman–Crippen LogP) is 3.88. The smallest absolute Gasteiger partial charge is 0.336 e. The van der Waals surface area contributed by atoms with E-state index in [1.165, 1.54) is 11.6 Å². The monoisotopic (exact) mass is 270 g/mol. The topological polar surface area (TPSA) is 52.6 Å². The van der Waals surface area contributed by atoms with E-state index in [0.717, 1.165) is 10.8 Å². The van der Waals surface area contributed by atoms with Crippen LogP contribution in [0.25, 0.3) is 21.9 Å². The minimum atomic E-state index is -0.388. The third kappa shape index (κ3) is 2.20. The van der Waals surface area contributed by atoms with Crippen LogP contribution in [0.15, 0.2) is 55.8 Å². The molecule has 0 saturated heterocycles. The zero-order valence-electron chi connectivity index (χ0n) is 11.3. The van der Waals surface area contributed by atoms with Crippen LogP contribution >= 0.6 is 0 Å². The van der Waals surface area contributed by atoms with Crippen LogP contribution in [0.4, 0.5) is 0 Å². The second-order valence-electron chi connectivity index (χ2n) is 4.80. The number of allylic oxidation sites excluding steroid dienone is 1. The first-order valence-electron chi connectivity index (χ1n) is 6.35. The highest BCUT2D eigenvalue weighted by atomic mass is 16.5. The molecule has 3 aromatic rings. The fourth-order valence-electron chi connectivity index (χ4n) is 2.05. The number of hydrogen-bond acceptors (Lipinski definition) is 4. The van der Waals surface area contributed by atoms with Crippen molar-refractivity contribution >= 4 is 21.9 Å². The maximum atomic E-state index is 11.4. The number of fused-ring (bicyclic) bond motifs is 3. The lowest BCUT2D eigenvalue weighted by Gasteiger charge is -2.07. The molecule has 0 N–H and O–H groups in total. The molecule has 102 valence electrons. The average molecular weight is 270 g/mol. The van der Waals surface area contributed by atoms with Gasteiger partial charge in [0.05, 0.1) is 17.0 Å². The zero-order chi connectivity index (χ0) is 14.1. The van der Waals surface area contributed by atoms with Gasteiger partial charge in [0, 0.05) is 12.1 Å². The lowest BCUT2D eigenvalue weighted by Crippen LogP contribution is -1.98. The summed E-state index contributed by atoms with van der Waals surface area (Å²) in [5.74, 6) is 0.642. The molecular weight excluding hydrogens is 256 g/mol. The van der Waals surface area contributed by atoms with Crippen LogP contribution in [0.1, 0.15) is 13.8 Å². The molecule has 1 aromatic carbocycles. The summed E-state index contributed by atoms with van der Waals surface area (Å²) in [4.78, 5) is 11.4. The molecule has 0 bridgehead atoms. The van der Waals surface area contributed by atoms with Gasteiger partial charge in [0.25, 0.3) is 0 Å². The number of furan rings is 1. The molecule has 2 aromatic heterocycles. The van der Waals surface area contributed by atoms with Crippen LogP contribution in [0.2, 0.25) is 0 Å². The Bertz CT molecular complexity index is 848. The molecule has 0 unspecified atom stereocenters. The van der Waals surface area contributed by atoms with Gasteiger partial charge in [0.15, 0.2) is 5.58 Å². The summed E-state index contributed by atoms with van der Waals surface area (Å²) in [7, 11) is 0. The molecule has 20 heavy (non-hydrogen) atoms. The summed E-state index contributed by atoms with van der Waals surface area (Å²) < 4.78 is 16.4. The Labute approximate surface area is 115 Å². The highest BCUT2D eigenvalue weighted by Gasteiger charge is 2.12. The van der Waals surface area contributed by atoms with Gasteiger partial charge in [-0.25, -0.2) is 4.79 Å². The Morgan fingerprint density at radius 1 is 1.25 bits per heavy atom. The highest BCUT2D eigenvalue weighted by molar-refractivity contribution is 6.05. The van der Waals surface area contributed by atoms with E-state index in [1.54, 1.807) is 18.4 Å². The van der Waals surface area contributed by atoms with Gasteiger partial charge < -0.3 is 13.6 Å². The van der Waals surface area contributed by atoms with Crippen molar-refractivity contribution in [2.24, 2.45) is 0 Å². The van der Waals surface area contributed by atoms with Gasteiger partial charge in [-0.15, -0.1) is 0 Å². The lowest BCUT2D eigenvalue weighted by molar-refractivity contribution is 0.365. The molecule has 0 spiro atoms. The van der Waals surface area contributed by atoms with Gasteiger partial charge in [-0.3, -0.25) is 0 Å². The van der Waals surface area contributed by atoms with Crippen LogP contribution in [0, 0.1) is 0 Å².